The standard InChI is InChI=1S/C32H35N5O2S/c1-20-12-13-21(2)28(17-20)34-29(38)14-16-36-31(30(35-32(36)40)27-11-6-7-15-33-27)26-18-22(3)37(23(26)4)24-9-8-10-25(19-24)39-5/h6-13,15,17-19,30-31H,14,16H2,1-5H3,(H,34,38)(H,35,40)/t30-,31-/m0/s1. The number of benzene rings is 2. The molecule has 0 unspecified atom stereocenters. The summed E-state index contributed by atoms with van der Waals surface area (Å²) in [6.45, 7) is 8.73. The molecule has 2 aromatic heterocycles. The average molecular weight is 554 g/mol. The molecule has 0 radical (unpaired) electrons. The lowest BCUT2D eigenvalue weighted by Crippen LogP contribution is -2.33. The minimum Gasteiger partial charge on any atom is -0.497 e. The van der Waals surface area contributed by atoms with Crippen LogP contribution in [-0.4, -0.2) is 39.1 Å². The van der Waals surface area contributed by atoms with Gasteiger partial charge in [0.1, 0.15) is 5.75 Å². The third-order valence-electron chi connectivity index (χ3n) is 7.55. The van der Waals surface area contributed by atoms with E-state index in [9.17, 15) is 4.79 Å². The summed E-state index contributed by atoms with van der Waals surface area (Å²) in [7, 11) is 1.68. The second kappa shape index (κ2) is 11.5. The van der Waals surface area contributed by atoms with Crippen molar-refractivity contribution >= 4 is 28.9 Å². The molecule has 1 aliphatic heterocycles. The molecule has 1 amide bonds. The Hall–Kier alpha value is -4.17. The molecule has 3 heterocycles. The van der Waals surface area contributed by atoms with Gasteiger partial charge in [-0.15, -0.1) is 0 Å². The van der Waals surface area contributed by atoms with Gasteiger partial charge in [0.25, 0.3) is 0 Å². The summed E-state index contributed by atoms with van der Waals surface area (Å²) in [5.74, 6) is 0.761. The number of hydrogen-bond donors (Lipinski definition) is 2. The number of pyridine rings is 1. The fourth-order valence-electron chi connectivity index (χ4n) is 5.52. The Labute approximate surface area is 241 Å². The van der Waals surface area contributed by atoms with E-state index in [0.717, 1.165) is 50.9 Å². The Morgan fingerprint density at radius 1 is 1.05 bits per heavy atom. The number of aromatic nitrogens is 2. The normalized spacial score (nSPS) is 16.6. The van der Waals surface area contributed by atoms with E-state index in [1.165, 1.54) is 0 Å². The molecule has 2 aromatic carbocycles. The number of amides is 1. The Balaban J connectivity index is 1.47. The van der Waals surface area contributed by atoms with Gasteiger partial charge in [-0.2, -0.15) is 0 Å². The SMILES string of the molecule is COc1cccc(-n2c(C)cc([C@H]3[C@H](c4ccccn4)NC(=S)N3CCC(=O)Nc3cc(C)ccc3C)c2C)c1. The minimum absolute atomic E-state index is 0.0432. The van der Waals surface area contributed by atoms with E-state index in [1.807, 2.05) is 68.4 Å². The largest absolute Gasteiger partial charge is 0.497 e. The van der Waals surface area contributed by atoms with Gasteiger partial charge < -0.3 is 24.8 Å². The number of carbonyl (C=O) groups is 1. The Morgan fingerprint density at radius 3 is 2.62 bits per heavy atom. The van der Waals surface area contributed by atoms with Crippen molar-refractivity contribution in [3.8, 4) is 11.4 Å². The predicted octanol–water partition coefficient (Wildman–Crippen LogP) is 6.12. The van der Waals surface area contributed by atoms with Gasteiger partial charge in [0.05, 0.1) is 24.9 Å². The zero-order valence-electron chi connectivity index (χ0n) is 23.6. The summed E-state index contributed by atoms with van der Waals surface area (Å²) in [4.78, 5) is 19.9. The third-order valence-corrected chi connectivity index (χ3v) is 7.90. The van der Waals surface area contributed by atoms with Gasteiger partial charge in [0.15, 0.2) is 5.11 Å². The van der Waals surface area contributed by atoms with Crippen LogP contribution in [0.15, 0.2) is 72.9 Å². The van der Waals surface area contributed by atoms with Crippen molar-refractivity contribution in [3.05, 3.63) is 107 Å². The molecular weight excluding hydrogens is 518 g/mol. The first-order chi connectivity index (χ1) is 19.3. The summed E-state index contributed by atoms with van der Waals surface area (Å²) in [5.41, 5.74) is 8.27. The molecule has 5 rings (SSSR count). The van der Waals surface area contributed by atoms with Gasteiger partial charge >= 0.3 is 0 Å². The van der Waals surface area contributed by atoms with Crippen LogP contribution < -0.4 is 15.4 Å². The zero-order valence-corrected chi connectivity index (χ0v) is 24.4. The van der Waals surface area contributed by atoms with Crippen LogP contribution in [0.2, 0.25) is 0 Å². The van der Waals surface area contributed by atoms with E-state index in [2.05, 4.69) is 51.1 Å². The maximum absolute atomic E-state index is 13.1. The molecule has 0 spiro atoms. The lowest BCUT2D eigenvalue weighted by molar-refractivity contribution is -0.116. The fraction of sp³-hybridized carbons (Fsp3) is 0.281. The highest BCUT2D eigenvalue weighted by Gasteiger charge is 2.41. The number of nitrogens with one attached hydrogen (secondary N) is 2. The van der Waals surface area contributed by atoms with Crippen LogP contribution in [0.3, 0.4) is 0 Å². The monoisotopic (exact) mass is 553 g/mol. The first-order valence-corrected chi connectivity index (χ1v) is 13.9. The Kier molecular flexibility index (Phi) is 7.89. The first kappa shape index (κ1) is 27.4. The van der Waals surface area contributed by atoms with Crippen molar-refractivity contribution in [3.63, 3.8) is 0 Å². The number of carbonyl (C=O) groups excluding carboxylic acids is 1. The van der Waals surface area contributed by atoms with E-state index in [-0.39, 0.29) is 18.0 Å². The Bertz CT molecular complexity index is 1550. The van der Waals surface area contributed by atoms with Crippen molar-refractivity contribution in [1.29, 1.82) is 0 Å². The van der Waals surface area contributed by atoms with Gasteiger partial charge in [0, 0.05) is 48.0 Å². The van der Waals surface area contributed by atoms with E-state index in [1.54, 1.807) is 13.3 Å². The van der Waals surface area contributed by atoms with Crippen molar-refractivity contribution < 1.29 is 9.53 Å². The summed E-state index contributed by atoms with van der Waals surface area (Å²) in [6, 6.07) is 22.0. The molecule has 8 heteroatoms. The van der Waals surface area contributed by atoms with Gasteiger partial charge in [0.2, 0.25) is 5.91 Å². The second-order valence-electron chi connectivity index (χ2n) is 10.3. The first-order valence-electron chi connectivity index (χ1n) is 13.4. The maximum Gasteiger partial charge on any atom is 0.226 e. The van der Waals surface area contributed by atoms with Gasteiger partial charge in [-0.25, -0.2) is 0 Å². The van der Waals surface area contributed by atoms with Crippen LogP contribution in [-0.2, 0) is 4.79 Å². The van der Waals surface area contributed by atoms with Crippen molar-refractivity contribution in [2.75, 3.05) is 19.0 Å². The topological polar surface area (TPSA) is 71.4 Å². The van der Waals surface area contributed by atoms with Crippen LogP contribution >= 0.6 is 12.2 Å². The number of thiocarbonyl (C=S) groups is 1. The van der Waals surface area contributed by atoms with Crippen LogP contribution in [0.5, 0.6) is 5.75 Å². The van der Waals surface area contributed by atoms with Crippen LogP contribution in [0.4, 0.5) is 5.69 Å². The molecule has 1 fully saturated rings. The van der Waals surface area contributed by atoms with E-state index >= 15 is 0 Å². The van der Waals surface area contributed by atoms with E-state index < -0.39 is 0 Å². The maximum atomic E-state index is 13.1. The highest BCUT2D eigenvalue weighted by molar-refractivity contribution is 7.80. The number of aryl methyl sites for hydroxylation is 3. The molecule has 1 aliphatic rings. The number of methoxy groups -OCH3 is 1. The lowest BCUT2D eigenvalue weighted by Gasteiger charge is -2.28. The number of nitrogens with zero attached hydrogens (tertiary/aromatic N) is 3. The zero-order chi connectivity index (χ0) is 28.4. The van der Waals surface area contributed by atoms with Gasteiger partial charge in [-0.1, -0.05) is 24.3 Å². The molecule has 0 bridgehead atoms. The molecule has 206 valence electrons. The number of anilines is 1. The number of hydrogen-bond acceptors (Lipinski definition) is 4. The summed E-state index contributed by atoms with van der Waals surface area (Å²) in [6.07, 6.45) is 2.10. The quantitative estimate of drug-likeness (QED) is 0.256. The van der Waals surface area contributed by atoms with Crippen molar-refractivity contribution in [2.45, 2.75) is 46.2 Å². The molecule has 7 nitrogen and oxygen atoms in total. The van der Waals surface area contributed by atoms with E-state index in [4.69, 9.17) is 17.0 Å². The molecule has 40 heavy (non-hydrogen) atoms. The third kappa shape index (κ3) is 5.45. The minimum atomic E-state index is -0.157. The average Bonchev–Trinajstić information content (AvgIpc) is 3.44. The molecule has 2 N–H and O–H groups in total. The molecule has 1 saturated heterocycles. The van der Waals surface area contributed by atoms with Crippen LogP contribution in [0.25, 0.3) is 5.69 Å². The van der Waals surface area contributed by atoms with Gasteiger partial charge in [-0.05, 0) is 93.0 Å². The van der Waals surface area contributed by atoms with Crippen molar-refractivity contribution in [1.82, 2.24) is 19.8 Å². The predicted molar refractivity (Wildman–Crippen MR) is 163 cm³/mol. The molecule has 2 atom stereocenters. The summed E-state index contributed by atoms with van der Waals surface area (Å²) < 4.78 is 7.72. The molecular formula is C32H35N5O2S. The van der Waals surface area contributed by atoms with Crippen LogP contribution in [0, 0.1) is 27.7 Å². The summed E-state index contributed by atoms with van der Waals surface area (Å²) in [5, 5.41) is 7.21. The fourth-order valence-corrected chi connectivity index (χ4v) is 5.86. The van der Waals surface area contributed by atoms with Crippen molar-refractivity contribution in [2.24, 2.45) is 0 Å². The number of rotatable bonds is 8. The van der Waals surface area contributed by atoms with Crippen LogP contribution in [0.1, 0.15) is 52.3 Å². The summed E-state index contributed by atoms with van der Waals surface area (Å²) >= 11 is 5.86. The second-order valence-corrected chi connectivity index (χ2v) is 10.7. The Morgan fingerprint density at radius 2 is 1.88 bits per heavy atom. The molecule has 4 aromatic rings. The van der Waals surface area contributed by atoms with Gasteiger partial charge in [-0.3, -0.25) is 9.78 Å². The number of ether oxygens (including phenoxy) is 1. The smallest absolute Gasteiger partial charge is 0.226 e. The molecule has 0 saturated carbocycles. The van der Waals surface area contributed by atoms with E-state index in [0.29, 0.717) is 18.1 Å². The molecule has 0 aliphatic carbocycles. The lowest BCUT2D eigenvalue weighted by atomic mass is 9.96. The highest BCUT2D eigenvalue weighted by atomic mass is 32.1. The highest BCUT2D eigenvalue weighted by Crippen LogP contribution is 2.41.